The molecule has 0 aliphatic carbocycles. The average molecular weight is 300 g/mol. The first-order valence-corrected chi connectivity index (χ1v) is 7.59. The van der Waals surface area contributed by atoms with Crippen LogP contribution in [-0.2, 0) is 13.6 Å². The summed E-state index contributed by atoms with van der Waals surface area (Å²) in [5, 5.41) is 4.10. The minimum absolute atomic E-state index is 0.249. The van der Waals surface area contributed by atoms with Crippen molar-refractivity contribution in [2.24, 2.45) is 12.0 Å². The molecule has 108 valence electrons. The molecule has 0 saturated carbocycles. The first-order chi connectivity index (χ1) is 10.1. The van der Waals surface area contributed by atoms with E-state index >= 15 is 0 Å². The summed E-state index contributed by atoms with van der Waals surface area (Å²) in [5.41, 5.74) is 2.49. The Kier molecular flexibility index (Phi) is 3.47. The van der Waals surface area contributed by atoms with Crippen molar-refractivity contribution < 1.29 is 4.79 Å². The van der Waals surface area contributed by atoms with Gasteiger partial charge in [-0.1, -0.05) is 23.5 Å². The number of para-hydroxylation sites is 1. The summed E-state index contributed by atoms with van der Waals surface area (Å²) < 4.78 is 4.77. The molecule has 0 N–H and O–H groups in total. The molecule has 0 aliphatic heterocycles. The van der Waals surface area contributed by atoms with Gasteiger partial charge in [-0.3, -0.25) is 9.48 Å². The molecule has 2 aromatic heterocycles. The average Bonchev–Trinajstić information content (AvgIpc) is 2.98. The number of aromatic nitrogens is 3. The molecule has 0 aliphatic rings. The van der Waals surface area contributed by atoms with Crippen LogP contribution in [0.15, 0.2) is 35.5 Å². The number of aryl methyl sites for hydroxylation is 3. The molecule has 6 heteroatoms. The van der Waals surface area contributed by atoms with Gasteiger partial charge in [0, 0.05) is 19.2 Å². The molecule has 1 aromatic carbocycles. The van der Waals surface area contributed by atoms with Gasteiger partial charge < -0.3 is 4.57 Å². The van der Waals surface area contributed by atoms with Gasteiger partial charge in [-0.25, -0.2) is 0 Å². The van der Waals surface area contributed by atoms with Crippen LogP contribution >= 0.6 is 11.3 Å². The Morgan fingerprint density at radius 1 is 1.38 bits per heavy atom. The fourth-order valence-electron chi connectivity index (χ4n) is 2.41. The summed E-state index contributed by atoms with van der Waals surface area (Å²) in [6, 6.07) is 8.09. The number of hydrogen-bond acceptors (Lipinski definition) is 3. The molecular formula is C15H16N4OS. The molecule has 1 amide bonds. The Hall–Kier alpha value is -2.21. The molecule has 0 saturated heterocycles. The van der Waals surface area contributed by atoms with Crippen LogP contribution in [0.1, 0.15) is 23.0 Å². The molecule has 0 spiro atoms. The molecule has 2 heterocycles. The highest BCUT2D eigenvalue weighted by atomic mass is 32.1. The molecule has 0 fully saturated rings. The van der Waals surface area contributed by atoms with Crippen LogP contribution in [0.2, 0.25) is 0 Å². The fraction of sp³-hybridized carbons (Fsp3) is 0.267. The summed E-state index contributed by atoms with van der Waals surface area (Å²) in [4.78, 5) is 17.5. The monoisotopic (exact) mass is 300 g/mol. The number of carbonyl (C=O) groups excluding carboxylic acids is 1. The maximum atomic E-state index is 12.4. The Bertz CT molecular complexity index is 865. The molecule has 3 rings (SSSR count). The van der Waals surface area contributed by atoms with Crippen LogP contribution in [-0.4, -0.2) is 20.3 Å². The second-order valence-corrected chi connectivity index (χ2v) is 5.82. The summed E-state index contributed by atoms with van der Waals surface area (Å²) >= 11 is 1.53. The van der Waals surface area contributed by atoms with E-state index < -0.39 is 0 Å². The first kappa shape index (κ1) is 13.8. The van der Waals surface area contributed by atoms with Gasteiger partial charge in [0.25, 0.3) is 5.91 Å². The summed E-state index contributed by atoms with van der Waals surface area (Å²) in [6.45, 7) is 4.70. The van der Waals surface area contributed by atoms with Crippen molar-refractivity contribution >= 4 is 27.5 Å². The van der Waals surface area contributed by atoms with E-state index in [9.17, 15) is 4.79 Å². The second-order valence-electron chi connectivity index (χ2n) is 4.81. The molecule has 5 nitrogen and oxygen atoms in total. The SMILES string of the molecule is CCn1c(=NC(=O)c2c(C)cnn2C)sc2ccccc21. The van der Waals surface area contributed by atoms with Crippen LogP contribution in [0.5, 0.6) is 0 Å². The maximum absolute atomic E-state index is 12.4. The van der Waals surface area contributed by atoms with Gasteiger partial charge in [-0.15, -0.1) is 0 Å². The van der Waals surface area contributed by atoms with Crippen LogP contribution in [0, 0.1) is 6.92 Å². The van der Waals surface area contributed by atoms with E-state index in [1.54, 1.807) is 17.9 Å². The summed E-state index contributed by atoms with van der Waals surface area (Å²) in [5.74, 6) is -0.249. The third-order valence-electron chi connectivity index (χ3n) is 3.43. The minimum Gasteiger partial charge on any atom is -0.317 e. The van der Waals surface area contributed by atoms with E-state index in [4.69, 9.17) is 0 Å². The van der Waals surface area contributed by atoms with E-state index in [0.29, 0.717) is 5.69 Å². The Labute approximate surface area is 126 Å². The molecule has 0 radical (unpaired) electrons. The van der Waals surface area contributed by atoms with Crippen LogP contribution in [0.3, 0.4) is 0 Å². The largest absolute Gasteiger partial charge is 0.317 e. The topological polar surface area (TPSA) is 52.2 Å². The lowest BCUT2D eigenvalue weighted by atomic mass is 10.3. The quantitative estimate of drug-likeness (QED) is 0.730. The van der Waals surface area contributed by atoms with Crippen molar-refractivity contribution in [3.05, 3.63) is 46.5 Å². The molecule has 0 atom stereocenters. The van der Waals surface area contributed by atoms with Gasteiger partial charge in [-0.2, -0.15) is 10.1 Å². The van der Waals surface area contributed by atoms with Gasteiger partial charge in [0.05, 0.1) is 16.4 Å². The standard InChI is InChI=1S/C15H16N4OS/c1-4-19-11-7-5-6-8-12(11)21-15(19)17-14(20)13-10(2)9-16-18(13)3/h5-9H,4H2,1-3H3. The summed E-state index contributed by atoms with van der Waals surface area (Å²) in [6.07, 6.45) is 1.68. The van der Waals surface area contributed by atoms with Gasteiger partial charge in [0.2, 0.25) is 0 Å². The van der Waals surface area contributed by atoms with Crippen LogP contribution < -0.4 is 4.80 Å². The number of benzene rings is 1. The van der Waals surface area contributed by atoms with Crippen molar-refractivity contribution in [3.8, 4) is 0 Å². The lowest BCUT2D eigenvalue weighted by molar-refractivity contribution is 0.0988. The highest BCUT2D eigenvalue weighted by Gasteiger charge is 2.14. The van der Waals surface area contributed by atoms with Crippen molar-refractivity contribution in [2.45, 2.75) is 20.4 Å². The third kappa shape index (κ3) is 2.31. The van der Waals surface area contributed by atoms with Crippen molar-refractivity contribution in [3.63, 3.8) is 0 Å². The number of nitrogens with zero attached hydrogens (tertiary/aromatic N) is 4. The highest BCUT2D eigenvalue weighted by molar-refractivity contribution is 7.16. The van der Waals surface area contributed by atoms with Crippen molar-refractivity contribution in [1.82, 2.24) is 14.3 Å². The predicted molar refractivity (Wildman–Crippen MR) is 83.3 cm³/mol. The molecule has 0 bridgehead atoms. The normalized spacial score (nSPS) is 12.2. The fourth-order valence-corrected chi connectivity index (χ4v) is 3.50. The van der Waals surface area contributed by atoms with Gasteiger partial charge in [0.15, 0.2) is 4.80 Å². The number of fused-ring (bicyclic) bond motifs is 1. The van der Waals surface area contributed by atoms with Crippen LogP contribution in [0.25, 0.3) is 10.2 Å². The van der Waals surface area contributed by atoms with E-state index in [2.05, 4.69) is 21.6 Å². The van der Waals surface area contributed by atoms with E-state index in [1.807, 2.05) is 31.2 Å². The lowest BCUT2D eigenvalue weighted by Gasteiger charge is -2.00. The number of carbonyl (C=O) groups is 1. The number of rotatable bonds is 2. The third-order valence-corrected chi connectivity index (χ3v) is 4.49. The maximum Gasteiger partial charge on any atom is 0.298 e. The van der Waals surface area contributed by atoms with Gasteiger partial charge >= 0.3 is 0 Å². The lowest BCUT2D eigenvalue weighted by Crippen LogP contribution is -2.17. The number of amides is 1. The predicted octanol–water partition coefficient (Wildman–Crippen LogP) is 2.51. The first-order valence-electron chi connectivity index (χ1n) is 6.78. The second kappa shape index (κ2) is 5.29. The van der Waals surface area contributed by atoms with Crippen molar-refractivity contribution in [1.29, 1.82) is 0 Å². The van der Waals surface area contributed by atoms with Crippen molar-refractivity contribution in [2.75, 3.05) is 0 Å². The van der Waals surface area contributed by atoms with E-state index in [1.165, 1.54) is 11.3 Å². The Balaban J connectivity index is 2.18. The number of thiazole rings is 1. The Morgan fingerprint density at radius 2 is 2.14 bits per heavy atom. The zero-order valence-electron chi connectivity index (χ0n) is 12.2. The molecule has 0 unspecified atom stereocenters. The zero-order valence-corrected chi connectivity index (χ0v) is 13.0. The van der Waals surface area contributed by atoms with Gasteiger partial charge in [-0.05, 0) is 26.0 Å². The summed E-state index contributed by atoms with van der Waals surface area (Å²) in [7, 11) is 1.76. The smallest absolute Gasteiger partial charge is 0.298 e. The minimum atomic E-state index is -0.249. The zero-order chi connectivity index (χ0) is 15.0. The number of hydrogen-bond donors (Lipinski definition) is 0. The van der Waals surface area contributed by atoms with E-state index in [0.717, 1.165) is 27.1 Å². The molecule has 3 aromatic rings. The van der Waals surface area contributed by atoms with Crippen LogP contribution in [0.4, 0.5) is 0 Å². The Morgan fingerprint density at radius 3 is 2.81 bits per heavy atom. The van der Waals surface area contributed by atoms with Gasteiger partial charge in [0.1, 0.15) is 5.69 Å². The van der Waals surface area contributed by atoms with E-state index in [-0.39, 0.29) is 5.91 Å². The molecule has 21 heavy (non-hydrogen) atoms. The molecular weight excluding hydrogens is 284 g/mol. The highest BCUT2D eigenvalue weighted by Crippen LogP contribution is 2.16.